The second-order valence-electron chi connectivity index (χ2n) is 6.48. The van der Waals surface area contributed by atoms with Gasteiger partial charge in [-0.05, 0) is 48.9 Å². The molecule has 1 aromatic carbocycles. The number of hydrogen-bond acceptors (Lipinski definition) is 2. The van der Waals surface area contributed by atoms with Crippen LogP contribution in [0.3, 0.4) is 0 Å². The summed E-state index contributed by atoms with van der Waals surface area (Å²) in [7, 11) is 0. The van der Waals surface area contributed by atoms with E-state index in [1.165, 1.54) is 0 Å². The second kappa shape index (κ2) is 7.07. The van der Waals surface area contributed by atoms with Crippen molar-refractivity contribution < 1.29 is 4.39 Å². The van der Waals surface area contributed by atoms with Crippen molar-refractivity contribution in [3.05, 3.63) is 29.6 Å². The molecular weight excluding hydrogens is 251 g/mol. The largest absolute Gasteiger partial charge is 0.369 e. The van der Waals surface area contributed by atoms with E-state index in [0.717, 1.165) is 56.2 Å². The third-order valence-electron chi connectivity index (χ3n) is 4.02. The Morgan fingerprint density at radius 3 is 2.60 bits per heavy atom. The number of halogens is 1. The molecule has 3 heteroatoms. The first-order valence-corrected chi connectivity index (χ1v) is 7.80. The van der Waals surface area contributed by atoms with E-state index in [-0.39, 0.29) is 5.82 Å². The molecule has 1 heterocycles. The van der Waals surface area contributed by atoms with Crippen molar-refractivity contribution in [3.63, 3.8) is 0 Å². The van der Waals surface area contributed by atoms with Crippen LogP contribution in [0.2, 0.25) is 0 Å². The number of anilines is 1. The van der Waals surface area contributed by atoms with Gasteiger partial charge in [0.25, 0.3) is 0 Å². The molecule has 0 aliphatic carbocycles. The summed E-state index contributed by atoms with van der Waals surface area (Å²) in [4.78, 5) is 2.18. The predicted octanol–water partition coefficient (Wildman–Crippen LogP) is 3.81. The van der Waals surface area contributed by atoms with Crippen LogP contribution in [0.4, 0.5) is 10.1 Å². The highest BCUT2D eigenvalue weighted by molar-refractivity contribution is 5.49. The number of nitrogens with zero attached hydrogens (tertiary/aromatic N) is 1. The number of nitrogens with one attached hydrogen (secondary N) is 1. The minimum absolute atomic E-state index is 0.0802. The van der Waals surface area contributed by atoms with E-state index < -0.39 is 0 Å². The van der Waals surface area contributed by atoms with Gasteiger partial charge in [0.2, 0.25) is 0 Å². The minimum Gasteiger partial charge on any atom is -0.369 e. The molecule has 0 spiro atoms. The lowest BCUT2D eigenvalue weighted by Gasteiger charge is -2.32. The summed E-state index contributed by atoms with van der Waals surface area (Å²) in [5.74, 6) is 1.31. The van der Waals surface area contributed by atoms with Crippen molar-refractivity contribution in [2.45, 2.75) is 40.2 Å². The van der Waals surface area contributed by atoms with Gasteiger partial charge in [0.1, 0.15) is 5.82 Å². The van der Waals surface area contributed by atoms with Gasteiger partial charge in [-0.25, -0.2) is 4.39 Å². The summed E-state index contributed by atoms with van der Waals surface area (Å²) in [6, 6.07) is 5.67. The number of rotatable bonds is 5. The summed E-state index contributed by atoms with van der Waals surface area (Å²) in [6.45, 7) is 10.3. The molecule has 0 saturated carbocycles. The summed E-state index contributed by atoms with van der Waals surface area (Å²) >= 11 is 0. The monoisotopic (exact) mass is 278 g/mol. The van der Waals surface area contributed by atoms with Gasteiger partial charge in [-0.15, -0.1) is 0 Å². The number of hydrogen-bond donors (Lipinski definition) is 1. The normalized spacial score (nSPS) is 16.9. The molecule has 1 aliphatic heterocycles. The molecular formula is C17H27FN2. The molecule has 0 radical (unpaired) electrons. The fourth-order valence-electron chi connectivity index (χ4n) is 2.67. The molecule has 0 atom stereocenters. The predicted molar refractivity (Wildman–Crippen MR) is 83.6 cm³/mol. The average molecular weight is 278 g/mol. The molecule has 20 heavy (non-hydrogen) atoms. The van der Waals surface area contributed by atoms with Crippen LogP contribution < -0.4 is 10.2 Å². The van der Waals surface area contributed by atoms with Crippen LogP contribution in [0.25, 0.3) is 0 Å². The van der Waals surface area contributed by atoms with E-state index in [2.05, 4.69) is 31.0 Å². The second-order valence-corrected chi connectivity index (χ2v) is 6.48. The first kappa shape index (κ1) is 15.3. The lowest BCUT2D eigenvalue weighted by molar-refractivity contribution is 0.434. The lowest BCUT2D eigenvalue weighted by atomic mass is 9.98. The zero-order valence-corrected chi connectivity index (χ0v) is 13.0. The molecule has 1 fully saturated rings. The van der Waals surface area contributed by atoms with Crippen LogP contribution in [0, 0.1) is 17.7 Å². The maximum atomic E-state index is 14.2. The van der Waals surface area contributed by atoms with Gasteiger partial charge < -0.3 is 10.2 Å². The van der Waals surface area contributed by atoms with Gasteiger partial charge in [-0.3, -0.25) is 0 Å². The van der Waals surface area contributed by atoms with Gasteiger partial charge in [-0.2, -0.15) is 0 Å². The summed E-state index contributed by atoms with van der Waals surface area (Å²) in [5.41, 5.74) is 1.79. The molecule has 0 amide bonds. The molecule has 0 aromatic heterocycles. The Balaban J connectivity index is 1.95. The Hall–Kier alpha value is -1.09. The number of benzene rings is 1. The Kier molecular flexibility index (Phi) is 5.41. The fraction of sp³-hybridized carbons (Fsp3) is 0.647. The molecule has 1 aliphatic rings. The summed E-state index contributed by atoms with van der Waals surface area (Å²) < 4.78 is 14.2. The lowest BCUT2D eigenvalue weighted by Crippen LogP contribution is -2.33. The fourth-order valence-corrected chi connectivity index (χ4v) is 2.67. The van der Waals surface area contributed by atoms with Crippen molar-refractivity contribution in [3.8, 4) is 0 Å². The van der Waals surface area contributed by atoms with Crippen LogP contribution in [0.5, 0.6) is 0 Å². The van der Waals surface area contributed by atoms with Crippen LogP contribution in [0.1, 0.15) is 39.2 Å². The van der Waals surface area contributed by atoms with E-state index >= 15 is 0 Å². The van der Waals surface area contributed by atoms with E-state index in [0.29, 0.717) is 5.92 Å². The molecule has 1 saturated heterocycles. The highest BCUT2D eigenvalue weighted by Gasteiger charge is 2.18. The van der Waals surface area contributed by atoms with Gasteiger partial charge in [-0.1, -0.05) is 26.8 Å². The quantitative estimate of drug-likeness (QED) is 0.881. The Morgan fingerprint density at radius 1 is 1.30 bits per heavy atom. The Bertz CT molecular complexity index is 423. The Morgan fingerprint density at radius 2 is 2.00 bits per heavy atom. The molecule has 112 valence electrons. The maximum Gasteiger partial charge on any atom is 0.146 e. The van der Waals surface area contributed by atoms with Crippen LogP contribution in [-0.2, 0) is 6.54 Å². The smallest absolute Gasteiger partial charge is 0.146 e. The van der Waals surface area contributed by atoms with Crippen LogP contribution in [0.15, 0.2) is 18.2 Å². The van der Waals surface area contributed by atoms with Gasteiger partial charge >= 0.3 is 0 Å². The van der Waals surface area contributed by atoms with Crippen molar-refractivity contribution in [2.75, 3.05) is 24.5 Å². The van der Waals surface area contributed by atoms with Crippen molar-refractivity contribution in [1.29, 1.82) is 0 Å². The first-order valence-electron chi connectivity index (χ1n) is 7.80. The SMILES string of the molecule is CC(C)CNCc1ccc(N2CCC(C)CC2)c(F)c1. The highest BCUT2D eigenvalue weighted by Crippen LogP contribution is 2.26. The molecule has 1 aromatic rings. The molecule has 2 nitrogen and oxygen atoms in total. The molecule has 0 unspecified atom stereocenters. The Labute approximate surface area is 122 Å². The number of piperidine rings is 1. The van der Waals surface area contributed by atoms with Crippen LogP contribution in [-0.4, -0.2) is 19.6 Å². The van der Waals surface area contributed by atoms with Crippen molar-refractivity contribution in [2.24, 2.45) is 11.8 Å². The standard InChI is InChI=1S/C17H27FN2/c1-13(2)11-19-12-15-4-5-17(16(18)10-15)20-8-6-14(3)7-9-20/h4-5,10,13-14,19H,6-9,11-12H2,1-3H3. The van der Waals surface area contributed by atoms with E-state index in [4.69, 9.17) is 0 Å². The third kappa shape index (κ3) is 4.20. The van der Waals surface area contributed by atoms with Crippen molar-refractivity contribution >= 4 is 5.69 Å². The van der Waals surface area contributed by atoms with E-state index in [1.807, 2.05) is 12.1 Å². The third-order valence-corrected chi connectivity index (χ3v) is 4.02. The van der Waals surface area contributed by atoms with Gasteiger partial charge in [0.15, 0.2) is 0 Å². The average Bonchev–Trinajstić information content (AvgIpc) is 2.40. The van der Waals surface area contributed by atoms with Gasteiger partial charge in [0.05, 0.1) is 5.69 Å². The molecule has 1 N–H and O–H groups in total. The van der Waals surface area contributed by atoms with E-state index in [9.17, 15) is 4.39 Å². The minimum atomic E-state index is -0.0802. The highest BCUT2D eigenvalue weighted by atomic mass is 19.1. The van der Waals surface area contributed by atoms with Gasteiger partial charge in [0, 0.05) is 19.6 Å². The maximum absolute atomic E-state index is 14.2. The van der Waals surface area contributed by atoms with E-state index in [1.54, 1.807) is 6.07 Å². The zero-order valence-electron chi connectivity index (χ0n) is 13.0. The topological polar surface area (TPSA) is 15.3 Å². The zero-order chi connectivity index (χ0) is 14.5. The summed E-state index contributed by atoms with van der Waals surface area (Å²) in [6.07, 6.45) is 2.33. The van der Waals surface area contributed by atoms with Crippen molar-refractivity contribution in [1.82, 2.24) is 5.32 Å². The molecule has 2 rings (SSSR count). The molecule has 0 bridgehead atoms. The summed E-state index contributed by atoms with van der Waals surface area (Å²) in [5, 5.41) is 3.35. The first-order chi connectivity index (χ1) is 9.56. The van der Waals surface area contributed by atoms with Crippen LogP contribution >= 0.6 is 0 Å².